The number of rotatable bonds is 7. The van der Waals surface area contributed by atoms with Crippen molar-refractivity contribution in [1.29, 1.82) is 0 Å². The van der Waals surface area contributed by atoms with Gasteiger partial charge in [-0.15, -0.1) is 0 Å². The van der Waals surface area contributed by atoms with Crippen LogP contribution in [0.4, 0.5) is 11.4 Å². The summed E-state index contributed by atoms with van der Waals surface area (Å²) in [7, 11) is 0. The van der Waals surface area contributed by atoms with E-state index in [4.69, 9.17) is 9.15 Å². The van der Waals surface area contributed by atoms with Crippen LogP contribution in [-0.4, -0.2) is 29.0 Å². The molecule has 2 N–H and O–H groups in total. The lowest BCUT2D eigenvalue weighted by Crippen LogP contribution is -2.22. The van der Waals surface area contributed by atoms with Gasteiger partial charge in [0.15, 0.2) is 12.2 Å². The van der Waals surface area contributed by atoms with Gasteiger partial charge in [0, 0.05) is 24.8 Å². The van der Waals surface area contributed by atoms with Crippen LogP contribution in [0.1, 0.15) is 13.3 Å². The van der Waals surface area contributed by atoms with E-state index in [1.165, 1.54) is 11.5 Å². The summed E-state index contributed by atoms with van der Waals surface area (Å²) in [5, 5.41) is 5.18. The minimum Gasteiger partial charge on any atom is -0.456 e. The number of hydrogen-bond acceptors (Lipinski definition) is 6. The monoisotopic (exact) mass is 397 g/mol. The lowest BCUT2D eigenvalue weighted by molar-refractivity contribution is -0.147. The van der Waals surface area contributed by atoms with Gasteiger partial charge in [0.2, 0.25) is 5.91 Å². The second-order valence-electron chi connectivity index (χ2n) is 6.21. The summed E-state index contributed by atoms with van der Waals surface area (Å²) in [4.78, 5) is 46.8. The molecule has 29 heavy (non-hydrogen) atoms. The summed E-state index contributed by atoms with van der Waals surface area (Å²) >= 11 is 0. The quantitative estimate of drug-likeness (QED) is 0.590. The first-order valence-electron chi connectivity index (χ1n) is 8.84. The zero-order valence-electron chi connectivity index (χ0n) is 15.6. The van der Waals surface area contributed by atoms with E-state index in [0.29, 0.717) is 22.5 Å². The molecule has 2 amide bonds. The molecule has 3 aromatic rings. The van der Waals surface area contributed by atoms with E-state index in [2.05, 4.69) is 10.6 Å². The van der Waals surface area contributed by atoms with Gasteiger partial charge < -0.3 is 19.8 Å². The van der Waals surface area contributed by atoms with Crippen molar-refractivity contribution in [2.45, 2.75) is 19.9 Å². The number of oxazole rings is 1. The largest absolute Gasteiger partial charge is 0.456 e. The Morgan fingerprint density at radius 2 is 1.76 bits per heavy atom. The van der Waals surface area contributed by atoms with E-state index in [0.717, 1.165) is 0 Å². The molecule has 0 atom stereocenters. The second kappa shape index (κ2) is 8.87. The molecule has 0 radical (unpaired) electrons. The third-order valence-corrected chi connectivity index (χ3v) is 3.94. The van der Waals surface area contributed by atoms with Crippen molar-refractivity contribution in [2.75, 3.05) is 17.2 Å². The molecule has 9 nitrogen and oxygen atoms in total. The molecule has 0 aliphatic heterocycles. The molecular formula is C20H19N3O6. The highest BCUT2D eigenvalue weighted by Gasteiger charge is 2.12. The average molecular weight is 397 g/mol. The molecule has 0 aliphatic rings. The van der Waals surface area contributed by atoms with Crippen molar-refractivity contribution in [3.8, 4) is 0 Å². The van der Waals surface area contributed by atoms with Crippen LogP contribution in [0.3, 0.4) is 0 Å². The van der Waals surface area contributed by atoms with E-state index in [-0.39, 0.29) is 18.9 Å². The summed E-state index contributed by atoms with van der Waals surface area (Å²) in [6, 6.07) is 13.5. The average Bonchev–Trinajstić information content (AvgIpc) is 2.99. The smallest absolute Gasteiger partial charge is 0.419 e. The van der Waals surface area contributed by atoms with E-state index < -0.39 is 24.2 Å². The van der Waals surface area contributed by atoms with Gasteiger partial charge in [-0.25, -0.2) is 4.79 Å². The van der Waals surface area contributed by atoms with Crippen LogP contribution < -0.4 is 16.4 Å². The number of amides is 2. The fourth-order valence-corrected chi connectivity index (χ4v) is 2.72. The molecule has 0 unspecified atom stereocenters. The Morgan fingerprint density at radius 1 is 1.03 bits per heavy atom. The van der Waals surface area contributed by atoms with Crippen molar-refractivity contribution in [2.24, 2.45) is 0 Å². The number of esters is 1. The van der Waals surface area contributed by atoms with Gasteiger partial charge in [-0.1, -0.05) is 18.2 Å². The Bertz CT molecular complexity index is 1110. The fraction of sp³-hybridized carbons (Fsp3) is 0.200. The zero-order valence-corrected chi connectivity index (χ0v) is 15.6. The number of nitrogens with one attached hydrogen (secondary N) is 2. The van der Waals surface area contributed by atoms with E-state index >= 15 is 0 Å². The molecule has 150 valence electrons. The lowest BCUT2D eigenvalue weighted by Gasteiger charge is -2.08. The number of aryl methyl sites for hydroxylation is 1. The number of carbonyl (C=O) groups is 3. The Hall–Kier alpha value is -3.88. The first-order chi connectivity index (χ1) is 13.9. The molecule has 0 saturated heterocycles. The highest BCUT2D eigenvalue weighted by molar-refractivity contribution is 5.94. The van der Waals surface area contributed by atoms with Crippen LogP contribution in [0.15, 0.2) is 57.7 Å². The standard InChI is InChI=1S/C20H19N3O6/c1-13(24)21-14-5-4-6-15(11-14)22-18(25)12-28-19(26)9-10-23-16-7-2-3-8-17(16)29-20(23)27/h2-8,11H,9-10,12H2,1H3,(H,21,24)(H,22,25). The number of para-hydroxylation sites is 2. The number of carbonyl (C=O) groups excluding carboxylic acids is 3. The number of hydrogen-bond donors (Lipinski definition) is 2. The van der Waals surface area contributed by atoms with Crippen molar-refractivity contribution in [1.82, 2.24) is 4.57 Å². The SMILES string of the molecule is CC(=O)Nc1cccc(NC(=O)COC(=O)CCn2c(=O)oc3ccccc32)c1. The molecule has 0 aliphatic carbocycles. The highest BCUT2D eigenvalue weighted by atomic mass is 16.5. The third-order valence-electron chi connectivity index (χ3n) is 3.94. The van der Waals surface area contributed by atoms with Crippen LogP contribution >= 0.6 is 0 Å². The molecule has 2 aromatic carbocycles. The van der Waals surface area contributed by atoms with E-state index in [1.807, 2.05) is 0 Å². The summed E-state index contributed by atoms with van der Waals surface area (Å²) in [5.41, 5.74) is 2.01. The summed E-state index contributed by atoms with van der Waals surface area (Å²) in [6.07, 6.45) is -0.0886. The molecule has 0 bridgehead atoms. The van der Waals surface area contributed by atoms with Gasteiger partial charge in [-0.05, 0) is 30.3 Å². The van der Waals surface area contributed by atoms with Crippen molar-refractivity contribution in [3.05, 3.63) is 59.1 Å². The maximum absolute atomic E-state index is 12.0. The fourth-order valence-electron chi connectivity index (χ4n) is 2.72. The van der Waals surface area contributed by atoms with E-state index in [1.54, 1.807) is 48.5 Å². The van der Waals surface area contributed by atoms with E-state index in [9.17, 15) is 19.2 Å². The minimum absolute atomic E-state index is 0.0784. The number of benzene rings is 2. The van der Waals surface area contributed by atoms with Crippen LogP contribution in [-0.2, 0) is 25.7 Å². The molecule has 0 fully saturated rings. The molecule has 9 heteroatoms. The van der Waals surface area contributed by atoms with Gasteiger partial charge in [0.25, 0.3) is 5.91 Å². The normalized spacial score (nSPS) is 10.5. The van der Waals surface area contributed by atoms with Crippen molar-refractivity contribution < 1.29 is 23.5 Å². The number of nitrogens with zero attached hydrogens (tertiary/aromatic N) is 1. The molecule has 0 saturated carbocycles. The molecule has 1 aromatic heterocycles. The van der Waals surface area contributed by atoms with Crippen molar-refractivity contribution >= 4 is 40.3 Å². The molecule has 0 spiro atoms. The summed E-state index contributed by atoms with van der Waals surface area (Å²) in [5.74, 6) is -1.93. The first-order valence-corrected chi connectivity index (χ1v) is 8.84. The number of fused-ring (bicyclic) bond motifs is 1. The van der Waals surface area contributed by atoms with Gasteiger partial charge in [0.05, 0.1) is 11.9 Å². The Morgan fingerprint density at radius 3 is 2.52 bits per heavy atom. The zero-order chi connectivity index (χ0) is 20.8. The minimum atomic E-state index is -0.621. The Kier molecular flexibility index (Phi) is 6.08. The summed E-state index contributed by atoms with van der Waals surface area (Å²) in [6.45, 7) is 0.991. The Balaban J connectivity index is 1.49. The number of anilines is 2. The lowest BCUT2D eigenvalue weighted by atomic mass is 10.2. The van der Waals surface area contributed by atoms with Crippen LogP contribution in [0.2, 0.25) is 0 Å². The van der Waals surface area contributed by atoms with Crippen molar-refractivity contribution in [3.63, 3.8) is 0 Å². The van der Waals surface area contributed by atoms with Gasteiger partial charge in [-0.2, -0.15) is 0 Å². The number of aromatic nitrogens is 1. The molecular weight excluding hydrogens is 378 g/mol. The highest BCUT2D eigenvalue weighted by Crippen LogP contribution is 2.15. The predicted molar refractivity (Wildman–Crippen MR) is 105 cm³/mol. The molecule has 1 heterocycles. The number of ether oxygens (including phenoxy) is 1. The second-order valence-corrected chi connectivity index (χ2v) is 6.21. The van der Waals surface area contributed by atoms with Crippen LogP contribution in [0.5, 0.6) is 0 Å². The van der Waals surface area contributed by atoms with Gasteiger partial charge in [0.1, 0.15) is 0 Å². The predicted octanol–water partition coefficient (Wildman–Crippen LogP) is 2.12. The third kappa shape index (κ3) is 5.32. The maximum Gasteiger partial charge on any atom is 0.419 e. The van der Waals surface area contributed by atoms with Gasteiger partial charge >= 0.3 is 11.7 Å². The topological polar surface area (TPSA) is 120 Å². The first kappa shape index (κ1) is 19.9. The Labute approximate surface area is 165 Å². The van der Waals surface area contributed by atoms with Gasteiger partial charge in [-0.3, -0.25) is 19.0 Å². The van der Waals surface area contributed by atoms with Crippen LogP contribution in [0, 0.1) is 0 Å². The summed E-state index contributed by atoms with van der Waals surface area (Å²) < 4.78 is 11.4. The maximum atomic E-state index is 12.0. The van der Waals surface area contributed by atoms with Crippen LogP contribution in [0.25, 0.3) is 11.1 Å². The molecule has 3 rings (SSSR count).